The molecular weight excluding hydrogens is 366 g/mol. The SMILES string of the molecule is O=C(Nc1ccc(-c2csc(N3CCCC3)n2)cc1)c1cccc(Cl)c1. The number of hydrogen-bond donors (Lipinski definition) is 1. The maximum Gasteiger partial charge on any atom is 0.255 e. The van der Waals surface area contributed by atoms with Gasteiger partial charge in [0.05, 0.1) is 5.69 Å². The fourth-order valence-electron chi connectivity index (χ4n) is 3.01. The van der Waals surface area contributed by atoms with E-state index in [0.717, 1.165) is 35.2 Å². The summed E-state index contributed by atoms with van der Waals surface area (Å²) < 4.78 is 0. The second-order valence-electron chi connectivity index (χ2n) is 6.25. The van der Waals surface area contributed by atoms with Crippen LogP contribution in [0.2, 0.25) is 5.02 Å². The summed E-state index contributed by atoms with van der Waals surface area (Å²) in [5, 5.41) is 6.62. The minimum atomic E-state index is -0.176. The zero-order valence-electron chi connectivity index (χ0n) is 14.1. The molecule has 0 atom stereocenters. The van der Waals surface area contributed by atoms with Crippen LogP contribution in [0.3, 0.4) is 0 Å². The lowest BCUT2D eigenvalue weighted by Crippen LogP contribution is -2.17. The summed E-state index contributed by atoms with van der Waals surface area (Å²) in [6.45, 7) is 2.20. The molecule has 132 valence electrons. The number of anilines is 2. The Kier molecular flexibility index (Phi) is 4.91. The van der Waals surface area contributed by atoms with Crippen LogP contribution in [0.4, 0.5) is 10.8 Å². The molecule has 0 aliphatic carbocycles. The lowest BCUT2D eigenvalue weighted by atomic mass is 10.1. The fraction of sp³-hybridized carbons (Fsp3) is 0.200. The highest BCUT2D eigenvalue weighted by atomic mass is 35.5. The Bertz CT molecular complexity index is 917. The van der Waals surface area contributed by atoms with E-state index in [1.807, 2.05) is 24.3 Å². The van der Waals surface area contributed by atoms with Gasteiger partial charge >= 0.3 is 0 Å². The van der Waals surface area contributed by atoms with E-state index in [2.05, 4.69) is 15.6 Å². The normalized spacial score (nSPS) is 13.8. The van der Waals surface area contributed by atoms with Gasteiger partial charge in [0.2, 0.25) is 0 Å². The van der Waals surface area contributed by atoms with E-state index in [-0.39, 0.29) is 5.91 Å². The number of nitrogens with zero attached hydrogens (tertiary/aromatic N) is 2. The van der Waals surface area contributed by atoms with Crippen LogP contribution in [0.5, 0.6) is 0 Å². The van der Waals surface area contributed by atoms with Crippen molar-refractivity contribution in [3.05, 3.63) is 64.5 Å². The first kappa shape index (κ1) is 17.1. The summed E-state index contributed by atoms with van der Waals surface area (Å²) in [6, 6.07) is 14.7. The third-order valence-corrected chi connectivity index (χ3v) is 5.53. The molecule has 3 aromatic rings. The molecule has 1 aromatic heterocycles. The minimum absolute atomic E-state index is 0.176. The van der Waals surface area contributed by atoms with Gasteiger partial charge in [-0.15, -0.1) is 11.3 Å². The molecule has 1 amide bonds. The third kappa shape index (κ3) is 3.74. The van der Waals surface area contributed by atoms with Crippen LogP contribution >= 0.6 is 22.9 Å². The predicted molar refractivity (Wildman–Crippen MR) is 108 cm³/mol. The van der Waals surface area contributed by atoms with Crippen LogP contribution in [0.25, 0.3) is 11.3 Å². The van der Waals surface area contributed by atoms with Crippen molar-refractivity contribution in [2.24, 2.45) is 0 Å². The topological polar surface area (TPSA) is 45.2 Å². The molecule has 1 aliphatic rings. The van der Waals surface area contributed by atoms with Crippen molar-refractivity contribution in [2.75, 3.05) is 23.3 Å². The molecule has 0 spiro atoms. The van der Waals surface area contributed by atoms with Crippen LogP contribution in [0.15, 0.2) is 53.9 Å². The van der Waals surface area contributed by atoms with Crippen LogP contribution in [0.1, 0.15) is 23.2 Å². The minimum Gasteiger partial charge on any atom is -0.348 e. The fourth-order valence-corrected chi connectivity index (χ4v) is 4.09. The van der Waals surface area contributed by atoms with Crippen LogP contribution in [-0.4, -0.2) is 24.0 Å². The predicted octanol–water partition coefficient (Wildman–Crippen LogP) is 5.32. The van der Waals surface area contributed by atoms with E-state index < -0.39 is 0 Å². The summed E-state index contributed by atoms with van der Waals surface area (Å²) in [4.78, 5) is 19.4. The van der Waals surface area contributed by atoms with E-state index in [0.29, 0.717) is 10.6 Å². The van der Waals surface area contributed by atoms with Gasteiger partial charge in [0.1, 0.15) is 0 Å². The molecule has 0 saturated carbocycles. The molecule has 26 heavy (non-hydrogen) atoms. The number of halogens is 1. The number of amides is 1. The summed E-state index contributed by atoms with van der Waals surface area (Å²) >= 11 is 7.63. The number of benzene rings is 2. The number of carbonyl (C=O) groups excluding carboxylic acids is 1. The van der Waals surface area contributed by atoms with Gasteiger partial charge in [-0.2, -0.15) is 0 Å². The second-order valence-corrected chi connectivity index (χ2v) is 7.52. The number of aromatic nitrogens is 1. The van der Waals surface area contributed by atoms with Crippen LogP contribution in [-0.2, 0) is 0 Å². The Balaban J connectivity index is 1.46. The van der Waals surface area contributed by atoms with Crippen LogP contribution in [0, 0.1) is 0 Å². The maximum atomic E-state index is 12.3. The molecule has 1 aliphatic heterocycles. The molecule has 0 radical (unpaired) electrons. The van der Waals surface area contributed by atoms with Gasteiger partial charge in [-0.05, 0) is 43.2 Å². The molecule has 1 saturated heterocycles. The largest absolute Gasteiger partial charge is 0.348 e. The van der Waals surface area contributed by atoms with E-state index in [1.54, 1.807) is 35.6 Å². The van der Waals surface area contributed by atoms with Gasteiger partial charge in [-0.3, -0.25) is 4.79 Å². The first-order chi connectivity index (χ1) is 12.7. The van der Waals surface area contributed by atoms with Crippen molar-refractivity contribution in [3.63, 3.8) is 0 Å². The first-order valence-electron chi connectivity index (χ1n) is 8.57. The Morgan fingerprint density at radius 2 is 1.88 bits per heavy atom. The van der Waals surface area contributed by atoms with Gasteiger partial charge in [-0.25, -0.2) is 4.98 Å². The summed E-state index contributed by atoms with van der Waals surface area (Å²) in [5.74, 6) is -0.176. The van der Waals surface area contributed by atoms with Crippen molar-refractivity contribution in [2.45, 2.75) is 12.8 Å². The zero-order valence-corrected chi connectivity index (χ0v) is 15.7. The smallest absolute Gasteiger partial charge is 0.255 e. The average Bonchev–Trinajstić information content (AvgIpc) is 3.34. The van der Waals surface area contributed by atoms with Crippen molar-refractivity contribution < 1.29 is 4.79 Å². The highest BCUT2D eigenvalue weighted by molar-refractivity contribution is 7.14. The average molecular weight is 384 g/mol. The number of thiazole rings is 1. The van der Waals surface area contributed by atoms with E-state index in [9.17, 15) is 4.79 Å². The Labute approximate surface area is 161 Å². The number of nitrogens with one attached hydrogen (secondary N) is 1. The molecule has 0 bridgehead atoms. The number of hydrogen-bond acceptors (Lipinski definition) is 4. The summed E-state index contributed by atoms with van der Waals surface area (Å²) in [5.41, 5.74) is 3.31. The molecule has 2 aromatic carbocycles. The lowest BCUT2D eigenvalue weighted by Gasteiger charge is -2.12. The van der Waals surface area contributed by atoms with Gasteiger partial charge in [0.15, 0.2) is 5.13 Å². The monoisotopic (exact) mass is 383 g/mol. The molecule has 1 fully saturated rings. The molecular formula is C20H18ClN3OS. The quantitative estimate of drug-likeness (QED) is 0.663. The molecule has 4 nitrogen and oxygen atoms in total. The Morgan fingerprint density at radius 1 is 1.12 bits per heavy atom. The Morgan fingerprint density at radius 3 is 2.62 bits per heavy atom. The lowest BCUT2D eigenvalue weighted by molar-refractivity contribution is 0.102. The van der Waals surface area contributed by atoms with Crippen LogP contribution < -0.4 is 10.2 Å². The van der Waals surface area contributed by atoms with Crippen molar-refractivity contribution in [3.8, 4) is 11.3 Å². The molecule has 4 rings (SSSR count). The Hall–Kier alpha value is -2.37. The molecule has 6 heteroatoms. The highest BCUT2D eigenvalue weighted by Crippen LogP contribution is 2.30. The number of carbonyl (C=O) groups is 1. The summed E-state index contributed by atoms with van der Waals surface area (Å²) in [7, 11) is 0. The van der Waals surface area contributed by atoms with E-state index in [1.165, 1.54) is 12.8 Å². The van der Waals surface area contributed by atoms with Gasteiger partial charge in [0.25, 0.3) is 5.91 Å². The zero-order chi connectivity index (χ0) is 17.9. The molecule has 2 heterocycles. The second kappa shape index (κ2) is 7.48. The van der Waals surface area contributed by atoms with Gasteiger partial charge in [0, 0.05) is 40.3 Å². The third-order valence-electron chi connectivity index (χ3n) is 4.39. The van der Waals surface area contributed by atoms with E-state index >= 15 is 0 Å². The van der Waals surface area contributed by atoms with E-state index in [4.69, 9.17) is 16.6 Å². The summed E-state index contributed by atoms with van der Waals surface area (Å²) in [6.07, 6.45) is 2.49. The molecule has 1 N–H and O–H groups in total. The first-order valence-corrected chi connectivity index (χ1v) is 9.83. The van der Waals surface area contributed by atoms with Crippen molar-refractivity contribution in [1.29, 1.82) is 0 Å². The highest BCUT2D eigenvalue weighted by Gasteiger charge is 2.16. The van der Waals surface area contributed by atoms with Gasteiger partial charge < -0.3 is 10.2 Å². The molecule has 0 unspecified atom stereocenters. The number of rotatable bonds is 4. The maximum absolute atomic E-state index is 12.3. The van der Waals surface area contributed by atoms with Crippen molar-refractivity contribution >= 4 is 39.7 Å². The van der Waals surface area contributed by atoms with Gasteiger partial charge in [-0.1, -0.05) is 29.8 Å². The van der Waals surface area contributed by atoms with Crippen molar-refractivity contribution in [1.82, 2.24) is 4.98 Å². The standard InChI is InChI=1S/C20H18ClN3OS/c21-16-5-3-4-15(12-16)19(25)22-17-8-6-14(7-9-17)18-13-26-20(23-18)24-10-1-2-11-24/h3-9,12-13H,1-2,10-11H2,(H,22,25).